The zero-order valence-corrected chi connectivity index (χ0v) is 17.8. The number of nitrogens with one attached hydrogen (secondary N) is 1. The van der Waals surface area contributed by atoms with Gasteiger partial charge in [0.2, 0.25) is 5.91 Å². The standard InChI is InChI=1S/C22H23F3N6O2/c23-22(24,25)21-28-27-18-5-6-19(29-31(18)21)30-9-7-15(8-10-30)20(32)26-12-14-11-16-3-1-2-4-17(16)33-13-14/h1-6,14-15H,7-13H2,(H,26,32). The van der Waals surface area contributed by atoms with Gasteiger partial charge in [-0.25, -0.2) is 0 Å². The minimum atomic E-state index is -4.64. The number of para-hydroxylation sites is 1. The van der Waals surface area contributed by atoms with Gasteiger partial charge in [-0.15, -0.1) is 15.3 Å². The number of nitrogens with zero attached hydrogens (tertiary/aromatic N) is 5. The van der Waals surface area contributed by atoms with Crippen molar-refractivity contribution in [3.63, 3.8) is 0 Å². The summed E-state index contributed by atoms with van der Waals surface area (Å²) < 4.78 is 45.9. The number of aromatic nitrogens is 4. The zero-order valence-electron chi connectivity index (χ0n) is 17.8. The van der Waals surface area contributed by atoms with Crippen molar-refractivity contribution < 1.29 is 22.7 Å². The van der Waals surface area contributed by atoms with Crippen LogP contribution < -0.4 is 15.0 Å². The fraction of sp³-hybridized carbons (Fsp3) is 0.455. The summed E-state index contributed by atoms with van der Waals surface area (Å²) in [7, 11) is 0. The first-order valence-electron chi connectivity index (χ1n) is 10.9. The summed E-state index contributed by atoms with van der Waals surface area (Å²) in [5.74, 6) is 0.268. The molecule has 0 spiro atoms. The molecule has 2 aliphatic rings. The van der Waals surface area contributed by atoms with Gasteiger partial charge in [0.25, 0.3) is 5.82 Å². The van der Waals surface area contributed by atoms with E-state index < -0.39 is 12.0 Å². The average molecular weight is 460 g/mol. The summed E-state index contributed by atoms with van der Waals surface area (Å²) in [4.78, 5) is 14.6. The SMILES string of the molecule is O=C(NCC1COc2ccccc2C1)C1CCN(c2ccc3nnc(C(F)(F)F)n3n2)CC1. The molecule has 174 valence electrons. The van der Waals surface area contributed by atoms with E-state index >= 15 is 0 Å². The Morgan fingerprint density at radius 3 is 2.70 bits per heavy atom. The fourth-order valence-electron chi connectivity index (χ4n) is 4.41. The molecule has 11 heteroatoms. The van der Waals surface area contributed by atoms with Crippen LogP contribution in [0.25, 0.3) is 5.65 Å². The number of halogens is 3. The monoisotopic (exact) mass is 460 g/mol. The van der Waals surface area contributed by atoms with Crippen LogP contribution in [0.3, 0.4) is 0 Å². The van der Waals surface area contributed by atoms with Crippen LogP contribution in [-0.4, -0.2) is 52.0 Å². The quantitative estimate of drug-likeness (QED) is 0.645. The first-order chi connectivity index (χ1) is 15.9. The third kappa shape index (κ3) is 4.44. The maximum atomic E-state index is 13.1. The molecule has 1 N–H and O–H groups in total. The number of hydrogen-bond donors (Lipinski definition) is 1. The summed E-state index contributed by atoms with van der Waals surface area (Å²) in [6, 6.07) is 11.0. The summed E-state index contributed by atoms with van der Waals surface area (Å²) in [5.41, 5.74) is 1.19. The molecule has 2 aliphatic heterocycles. The van der Waals surface area contributed by atoms with Crippen molar-refractivity contribution in [2.75, 3.05) is 31.1 Å². The highest BCUT2D eigenvalue weighted by molar-refractivity contribution is 5.79. The topological polar surface area (TPSA) is 84.6 Å². The second kappa shape index (κ2) is 8.53. The Morgan fingerprint density at radius 1 is 1.12 bits per heavy atom. The van der Waals surface area contributed by atoms with Crippen LogP contribution in [0.2, 0.25) is 0 Å². The number of rotatable bonds is 4. The molecule has 1 fully saturated rings. The molecule has 1 unspecified atom stereocenters. The van der Waals surface area contributed by atoms with Gasteiger partial charge in [0.05, 0.1) is 6.61 Å². The van der Waals surface area contributed by atoms with Gasteiger partial charge in [-0.2, -0.15) is 17.7 Å². The molecule has 4 heterocycles. The minimum Gasteiger partial charge on any atom is -0.493 e. The van der Waals surface area contributed by atoms with Gasteiger partial charge in [0.1, 0.15) is 11.6 Å². The summed E-state index contributed by atoms with van der Waals surface area (Å²) in [6.07, 6.45) is -2.57. The second-order valence-electron chi connectivity index (χ2n) is 8.48. The number of benzene rings is 1. The van der Waals surface area contributed by atoms with E-state index in [0.29, 0.717) is 44.9 Å². The van der Waals surface area contributed by atoms with Gasteiger partial charge >= 0.3 is 6.18 Å². The van der Waals surface area contributed by atoms with Crippen molar-refractivity contribution in [1.29, 1.82) is 0 Å². The van der Waals surface area contributed by atoms with E-state index in [9.17, 15) is 18.0 Å². The summed E-state index contributed by atoms with van der Waals surface area (Å²) >= 11 is 0. The number of alkyl halides is 3. The number of ether oxygens (including phenoxy) is 1. The molecule has 1 amide bonds. The molecule has 1 saturated heterocycles. The van der Waals surface area contributed by atoms with Gasteiger partial charge in [-0.05, 0) is 43.0 Å². The number of hydrogen-bond acceptors (Lipinski definition) is 6. The Kier molecular flexibility index (Phi) is 5.55. The van der Waals surface area contributed by atoms with Gasteiger partial charge in [0, 0.05) is 31.5 Å². The number of carbonyl (C=O) groups is 1. The van der Waals surface area contributed by atoms with Crippen LogP contribution >= 0.6 is 0 Å². The highest BCUT2D eigenvalue weighted by Crippen LogP contribution is 2.29. The Hall–Kier alpha value is -3.37. The van der Waals surface area contributed by atoms with E-state index in [1.165, 1.54) is 6.07 Å². The zero-order chi connectivity index (χ0) is 23.0. The minimum absolute atomic E-state index is 0.00934. The lowest BCUT2D eigenvalue weighted by atomic mass is 9.94. The van der Waals surface area contributed by atoms with Crippen molar-refractivity contribution in [3.05, 3.63) is 47.8 Å². The molecule has 3 aromatic rings. The van der Waals surface area contributed by atoms with E-state index in [1.54, 1.807) is 6.07 Å². The lowest BCUT2D eigenvalue weighted by molar-refractivity contribution is -0.146. The van der Waals surface area contributed by atoms with Crippen LogP contribution in [-0.2, 0) is 17.4 Å². The van der Waals surface area contributed by atoms with Crippen LogP contribution in [0.1, 0.15) is 24.2 Å². The van der Waals surface area contributed by atoms with Crippen molar-refractivity contribution in [2.45, 2.75) is 25.4 Å². The Balaban J connectivity index is 1.15. The van der Waals surface area contributed by atoms with Crippen molar-refractivity contribution in [1.82, 2.24) is 25.1 Å². The van der Waals surface area contributed by atoms with Crippen molar-refractivity contribution in [3.8, 4) is 5.75 Å². The van der Waals surface area contributed by atoms with E-state index in [2.05, 4.69) is 20.6 Å². The molecule has 8 nitrogen and oxygen atoms in total. The molecule has 33 heavy (non-hydrogen) atoms. The first-order valence-corrected chi connectivity index (χ1v) is 10.9. The molecule has 0 aliphatic carbocycles. The molecule has 0 radical (unpaired) electrons. The predicted molar refractivity (Wildman–Crippen MR) is 113 cm³/mol. The molecule has 1 aromatic carbocycles. The summed E-state index contributed by atoms with van der Waals surface area (Å²) in [6.45, 7) is 2.19. The van der Waals surface area contributed by atoms with Crippen molar-refractivity contribution >= 4 is 17.4 Å². The molecule has 5 rings (SSSR count). The van der Waals surface area contributed by atoms with Crippen LogP contribution in [0.5, 0.6) is 5.75 Å². The fourth-order valence-corrected chi connectivity index (χ4v) is 4.41. The number of anilines is 1. The highest BCUT2D eigenvalue weighted by atomic mass is 19.4. The normalized spacial score (nSPS) is 19.2. The molecule has 2 aromatic heterocycles. The largest absolute Gasteiger partial charge is 0.493 e. The van der Waals surface area contributed by atoms with Gasteiger partial charge < -0.3 is 15.0 Å². The van der Waals surface area contributed by atoms with E-state index in [4.69, 9.17) is 4.74 Å². The molecule has 0 saturated carbocycles. The maximum absolute atomic E-state index is 13.1. The van der Waals surface area contributed by atoms with E-state index in [0.717, 1.165) is 22.2 Å². The van der Waals surface area contributed by atoms with Crippen LogP contribution in [0.4, 0.5) is 19.0 Å². The number of piperidine rings is 1. The number of carbonyl (C=O) groups excluding carboxylic acids is 1. The molecule has 1 atom stereocenters. The van der Waals surface area contributed by atoms with Gasteiger partial charge in [-0.3, -0.25) is 4.79 Å². The van der Waals surface area contributed by atoms with E-state index in [1.807, 2.05) is 29.2 Å². The Bertz CT molecular complexity index is 1160. The summed E-state index contributed by atoms with van der Waals surface area (Å²) in [5, 5.41) is 13.9. The van der Waals surface area contributed by atoms with Crippen LogP contribution in [0, 0.1) is 11.8 Å². The van der Waals surface area contributed by atoms with Gasteiger partial charge in [0.15, 0.2) is 5.65 Å². The first kappa shape index (κ1) is 21.5. The predicted octanol–water partition coefficient (Wildman–Crippen LogP) is 2.73. The molecular weight excluding hydrogens is 437 g/mol. The van der Waals surface area contributed by atoms with Gasteiger partial charge in [-0.1, -0.05) is 18.2 Å². The number of amides is 1. The Labute approximate surface area is 187 Å². The van der Waals surface area contributed by atoms with Crippen LogP contribution in [0.15, 0.2) is 36.4 Å². The Morgan fingerprint density at radius 2 is 1.91 bits per heavy atom. The third-order valence-electron chi connectivity index (χ3n) is 6.21. The number of fused-ring (bicyclic) bond motifs is 2. The third-order valence-corrected chi connectivity index (χ3v) is 6.21. The molecule has 0 bridgehead atoms. The van der Waals surface area contributed by atoms with E-state index in [-0.39, 0.29) is 23.4 Å². The highest BCUT2D eigenvalue weighted by Gasteiger charge is 2.38. The maximum Gasteiger partial charge on any atom is 0.453 e. The van der Waals surface area contributed by atoms with Crippen molar-refractivity contribution in [2.24, 2.45) is 11.8 Å². The molecular formula is C22H23F3N6O2. The second-order valence-corrected chi connectivity index (χ2v) is 8.48. The lowest BCUT2D eigenvalue weighted by Gasteiger charge is -2.32. The lowest BCUT2D eigenvalue weighted by Crippen LogP contribution is -2.43. The average Bonchev–Trinajstić information content (AvgIpc) is 3.26. The smallest absolute Gasteiger partial charge is 0.453 e.